The zero-order valence-corrected chi connectivity index (χ0v) is 9.09. The van der Waals surface area contributed by atoms with Crippen LogP contribution in [0.2, 0.25) is 0 Å². The van der Waals surface area contributed by atoms with Crippen LogP contribution in [-0.2, 0) is 6.54 Å². The van der Waals surface area contributed by atoms with Gasteiger partial charge in [0.2, 0.25) is 5.01 Å². The van der Waals surface area contributed by atoms with Crippen LogP contribution >= 0.6 is 11.3 Å². The zero-order chi connectivity index (χ0) is 11.1. The lowest BCUT2D eigenvalue weighted by Gasteiger charge is -2.00. The normalized spacial score (nSPS) is 10.5. The van der Waals surface area contributed by atoms with Gasteiger partial charge in [-0.15, -0.1) is 11.3 Å². The third-order valence-electron chi connectivity index (χ3n) is 1.80. The number of aromatic carboxylic acids is 1. The van der Waals surface area contributed by atoms with E-state index in [1.165, 1.54) is 0 Å². The van der Waals surface area contributed by atoms with E-state index in [1.54, 1.807) is 5.38 Å². The molecular weight excluding hydrogens is 216 g/mol. The average molecular weight is 230 g/mol. The monoisotopic (exact) mass is 230 g/mol. The van der Waals surface area contributed by atoms with E-state index < -0.39 is 5.97 Å². The Morgan fingerprint density at radius 2 is 2.33 bits per heavy atom. The van der Waals surface area contributed by atoms with Crippen molar-refractivity contribution in [2.75, 3.05) is 13.2 Å². The number of thiazole rings is 1. The third kappa shape index (κ3) is 4.37. The number of carboxylic acid groups (broad SMARTS) is 1. The van der Waals surface area contributed by atoms with E-state index in [9.17, 15) is 4.79 Å². The van der Waals surface area contributed by atoms with E-state index in [0.29, 0.717) is 6.54 Å². The molecule has 0 amide bonds. The second kappa shape index (κ2) is 6.49. The Morgan fingerprint density at radius 1 is 1.53 bits per heavy atom. The Bertz CT molecular complexity index is 314. The first kappa shape index (κ1) is 12.1. The number of carbonyl (C=O) groups is 1. The van der Waals surface area contributed by atoms with Crippen molar-refractivity contribution >= 4 is 17.3 Å². The van der Waals surface area contributed by atoms with Crippen molar-refractivity contribution in [3.8, 4) is 0 Å². The maximum absolute atomic E-state index is 10.5. The van der Waals surface area contributed by atoms with Gasteiger partial charge >= 0.3 is 5.97 Å². The number of hydrogen-bond acceptors (Lipinski definition) is 5. The van der Waals surface area contributed by atoms with Gasteiger partial charge in [-0.05, 0) is 19.4 Å². The van der Waals surface area contributed by atoms with E-state index in [1.807, 2.05) is 0 Å². The van der Waals surface area contributed by atoms with Crippen LogP contribution in [0.3, 0.4) is 0 Å². The number of nitrogens with zero attached hydrogens (tertiary/aromatic N) is 1. The van der Waals surface area contributed by atoms with Crippen LogP contribution in [0.15, 0.2) is 5.38 Å². The van der Waals surface area contributed by atoms with Crippen LogP contribution in [0.4, 0.5) is 0 Å². The predicted octanol–water partition coefficient (Wildman–Crippen LogP) is 0.703. The molecule has 3 N–H and O–H groups in total. The van der Waals surface area contributed by atoms with Gasteiger partial charge in [-0.1, -0.05) is 0 Å². The molecule has 0 radical (unpaired) electrons. The smallest absolute Gasteiger partial charge is 0.365 e. The van der Waals surface area contributed by atoms with Gasteiger partial charge in [-0.25, -0.2) is 9.78 Å². The molecule has 0 bridgehead atoms. The highest BCUT2D eigenvalue weighted by Gasteiger charge is 2.07. The molecule has 15 heavy (non-hydrogen) atoms. The fourth-order valence-corrected chi connectivity index (χ4v) is 1.72. The molecular formula is C9H14N2O3S. The van der Waals surface area contributed by atoms with Crippen LogP contribution in [0, 0.1) is 0 Å². The van der Waals surface area contributed by atoms with E-state index in [0.717, 1.165) is 36.4 Å². The van der Waals surface area contributed by atoms with E-state index in [4.69, 9.17) is 10.2 Å². The minimum Gasteiger partial charge on any atom is -0.476 e. The Balaban J connectivity index is 2.23. The molecule has 0 unspecified atom stereocenters. The van der Waals surface area contributed by atoms with Crippen LogP contribution in [0.25, 0.3) is 0 Å². The van der Waals surface area contributed by atoms with Gasteiger partial charge in [0, 0.05) is 18.5 Å². The number of unbranched alkanes of at least 4 members (excludes halogenated alkanes) is 1. The maximum Gasteiger partial charge on any atom is 0.365 e. The zero-order valence-electron chi connectivity index (χ0n) is 8.27. The van der Waals surface area contributed by atoms with Gasteiger partial charge < -0.3 is 15.5 Å². The van der Waals surface area contributed by atoms with Gasteiger partial charge in [0.25, 0.3) is 0 Å². The van der Waals surface area contributed by atoms with Gasteiger partial charge in [-0.3, -0.25) is 0 Å². The van der Waals surface area contributed by atoms with Gasteiger partial charge in [0.1, 0.15) is 0 Å². The van der Waals surface area contributed by atoms with Gasteiger partial charge in [0.15, 0.2) is 0 Å². The quantitative estimate of drug-likeness (QED) is 0.601. The lowest BCUT2D eigenvalue weighted by atomic mass is 10.3. The van der Waals surface area contributed by atoms with Crippen molar-refractivity contribution in [1.82, 2.24) is 10.3 Å². The molecule has 0 aliphatic heterocycles. The molecule has 0 fully saturated rings. The number of aromatic nitrogens is 1. The fraction of sp³-hybridized carbons (Fsp3) is 0.556. The molecule has 0 atom stereocenters. The summed E-state index contributed by atoms with van der Waals surface area (Å²) in [5, 5.41) is 22.2. The van der Waals surface area contributed by atoms with Crippen molar-refractivity contribution in [3.05, 3.63) is 16.1 Å². The Kier molecular flexibility index (Phi) is 5.23. The topological polar surface area (TPSA) is 82.5 Å². The number of hydrogen-bond donors (Lipinski definition) is 3. The second-order valence-corrected chi connectivity index (χ2v) is 3.91. The van der Waals surface area contributed by atoms with E-state index >= 15 is 0 Å². The summed E-state index contributed by atoms with van der Waals surface area (Å²) >= 11 is 1.14. The molecule has 1 aromatic rings. The summed E-state index contributed by atoms with van der Waals surface area (Å²) in [7, 11) is 0. The highest BCUT2D eigenvalue weighted by Crippen LogP contribution is 2.09. The predicted molar refractivity (Wildman–Crippen MR) is 57.1 cm³/mol. The summed E-state index contributed by atoms with van der Waals surface area (Å²) in [4.78, 5) is 14.5. The molecule has 0 aliphatic carbocycles. The molecule has 5 nitrogen and oxygen atoms in total. The first-order valence-corrected chi connectivity index (χ1v) is 5.61. The Labute approximate surface area is 91.8 Å². The van der Waals surface area contributed by atoms with Crippen LogP contribution < -0.4 is 5.32 Å². The first-order chi connectivity index (χ1) is 7.24. The maximum atomic E-state index is 10.5. The molecule has 0 spiro atoms. The lowest BCUT2D eigenvalue weighted by molar-refractivity contribution is 0.0696. The SMILES string of the molecule is O=C(O)c1nc(CNCCCCO)cs1. The summed E-state index contributed by atoms with van der Waals surface area (Å²) in [5.41, 5.74) is 0.751. The molecule has 1 heterocycles. The molecule has 0 aromatic carbocycles. The second-order valence-electron chi connectivity index (χ2n) is 3.06. The average Bonchev–Trinajstić information content (AvgIpc) is 2.66. The van der Waals surface area contributed by atoms with Gasteiger partial charge in [0.05, 0.1) is 5.69 Å². The highest BCUT2D eigenvalue weighted by molar-refractivity contribution is 7.11. The van der Waals surface area contributed by atoms with E-state index in [-0.39, 0.29) is 11.6 Å². The summed E-state index contributed by atoms with van der Waals surface area (Å²) in [6.07, 6.45) is 1.69. The van der Waals surface area contributed by atoms with Crippen molar-refractivity contribution in [3.63, 3.8) is 0 Å². The molecule has 1 aromatic heterocycles. The van der Waals surface area contributed by atoms with Crippen LogP contribution in [0.1, 0.15) is 28.3 Å². The number of aliphatic hydroxyl groups excluding tert-OH is 1. The molecule has 6 heteroatoms. The molecule has 0 aliphatic rings. The highest BCUT2D eigenvalue weighted by atomic mass is 32.1. The van der Waals surface area contributed by atoms with Crippen LogP contribution in [-0.4, -0.2) is 34.3 Å². The lowest BCUT2D eigenvalue weighted by Crippen LogP contribution is -2.15. The molecule has 0 saturated carbocycles. The van der Waals surface area contributed by atoms with Gasteiger partial charge in [-0.2, -0.15) is 0 Å². The van der Waals surface area contributed by atoms with Crippen molar-refractivity contribution in [2.45, 2.75) is 19.4 Å². The van der Waals surface area contributed by atoms with Crippen molar-refractivity contribution < 1.29 is 15.0 Å². The van der Waals surface area contributed by atoms with Crippen molar-refractivity contribution in [1.29, 1.82) is 0 Å². The Morgan fingerprint density at radius 3 is 2.93 bits per heavy atom. The largest absolute Gasteiger partial charge is 0.476 e. The summed E-state index contributed by atoms with van der Waals surface area (Å²) in [6, 6.07) is 0. The summed E-state index contributed by atoms with van der Waals surface area (Å²) < 4.78 is 0. The van der Waals surface area contributed by atoms with Crippen LogP contribution in [0.5, 0.6) is 0 Å². The molecule has 1 rings (SSSR count). The summed E-state index contributed by atoms with van der Waals surface area (Å²) in [5.74, 6) is -0.980. The number of carboxylic acids is 1. The number of nitrogens with one attached hydrogen (secondary N) is 1. The minimum absolute atomic E-state index is 0.127. The molecule has 0 saturated heterocycles. The number of aliphatic hydroxyl groups is 1. The fourth-order valence-electron chi connectivity index (χ4n) is 1.06. The standard InChI is InChI=1S/C9H14N2O3S/c12-4-2-1-3-10-5-7-6-15-8(11-7)9(13)14/h6,10,12H,1-5H2,(H,13,14). The van der Waals surface area contributed by atoms with E-state index in [2.05, 4.69) is 10.3 Å². The first-order valence-electron chi connectivity index (χ1n) is 4.73. The minimum atomic E-state index is -0.980. The third-order valence-corrected chi connectivity index (χ3v) is 2.68. The Hall–Kier alpha value is -0.980. The number of rotatable bonds is 7. The van der Waals surface area contributed by atoms with Crippen molar-refractivity contribution in [2.24, 2.45) is 0 Å². The molecule has 84 valence electrons. The summed E-state index contributed by atoms with van der Waals surface area (Å²) in [6.45, 7) is 1.59.